The fraction of sp³-hybridized carbons (Fsp3) is 0.379. The van der Waals surface area contributed by atoms with E-state index in [0.29, 0.717) is 23.7 Å². The van der Waals surface area contributed by atoms with Gasteiger partial charge in [0.25, 0.3) is 5.91 Å². The van der Waals surface area contributed by atoms with Gasteiger partial charge in [0.2, 0.25) is 5.95 Å². The maximum Gasteiger partial charge on any atom is 0.325 e. The summed E-state index contributed by atoms with van der Waals surface area (Å²) in [5.74, 6) is -0.869. The zero-order chi connectivity index (χ0) is 28.4. The molecule has 3 aromatic rings. The Balaban J connectivity index is 1.55. The van der Waals surface area contributed by atoms with E-state index in [1.54, 1.807) is 39.2 Å². The van der Waals surface area contributed by atoms with Crippen LogP contribution in [0.25, 0.3) is 11.1 Å². The van der Waals surface area contributed by atoms with E-state index in [4.69, 9.17) is 9.47 Å². The van der Waals surface area contributed by atoms with Crippen LogP contribution in [0.4, 0.5) is 16.0 Å². The standard InChI is InChI=1S/C29H36FN5O4/c1-6-35(7-2)14-15-38-23-11-9-22(10-12-23)34-28-32-17-21(18-33-28)20-8-13-24(25(30)16-20)27(37)31-19-26(36)39-29(3,4)5/h8-13,16-18H,6-7,14-15,19H2,1-5H3,(H,31,37)(H,32,33,34). The van der Waals surface area contributed by atoms with Gasteiger partial charge in [-0.2, -0.15) is 0 Å². The van der Waals surface area contributed by atoms with Crippen LogP contribution in [0.3, 0.4) is 0 Å². The molecule has 0 spiro atoms. The number of anilines is 2. The minimum atomic E-state index is -0.726. The zero-order valence-corrected chi connectivity index (χ0v) is 23.1. The molecule has 0 saturated heterocycles. The van der Waals surface area contributed by atoms with Gasteiger partial charge in [0.15, 0.2) is 0 Å². The van der Waals surface area contributed by atoms with Crippen LogP contribution in [0.15, 0.2) is 54.9 Å². The Labute approximate surface area is 228 Å². The number of ether oxygens (including phenoxy) is 2. The molecular weight excluding hydrogens is 501 g/mol. The second-order valence-electron chi connectivity index (χ2n) is 9.78. The van der Waals surface area contributed by atoms with Crippen LogP contribution in [-0.4, -0.2) is 65.1 Å². The van der Waals surface area contributed by atoms with E-state index in [2.05, 4.69) is 39.3 Å². The van der Waals surface area contributed by atoms with Crippen molar-refractivity contribution in [1.82, 2.24) is 20.2 Å². The number of nitrogens with one attached hydrogen (secondary N) is 2. The van der Waals surface area contributed by atoms with Crippen molar-refractivity contribution in [2.24, 2.45) is 0 Å². The molecule has 0 fully saturated rings. The lowest BCUT2D eigenvalue weighted by molar-refractivity contribution is -0.153. The molecule has 0 radical (unpaired) electrons. The van der Waals surface area contributed by atoms with Gasteiger partial charge >= 0.3 is 5.97 Å². The minimum absolute atomic E-state index is 0.179. The Kier molecular flexibility index (Phi) is 10.3. The number of carbonyl (C=O) groups excluding carboxylic acids is 2. The summed E-state index contributed by atoms with van der Waals surface area (Å²) in [7, 11) is 0. The smallest absolute Gasteiger partial charge is 0.325 e. The molecule has 0 aliphatic heterocycles. The SMILES string of the molecule is CCN(CC)CCOc1ccc(Nc2ncc(-c3ccc(C(=O)NCC(=O)OC(C)(C)C)c(F)c3)cn2)cc1. The summed E-state index contributed by atoms with van der Waals surface area (Å²) in [6.07, 6.45) is 3.13. The number of likely N-dealkylation sites (N-methyl/N-ethyl adjacent to an activating group) is 1. The van der Waals surface area contributed by atoms with Gasteiger partial charge < -0.3 is 25.0 Å². The van der Waals surface area contributed by atoms with Crippen molar-refractivity contribution in [2.75, 3.05) is 38.1 Å². The van der Waals surface area contributed by atoms with E-state index in [1.807, 2.05) is 24.3 Å². The normalized spacial score (nSPS) is 11.3. The molecule has 2 aromatic carbocycles. The number of rotatable bonds is 12. The topological polar surface area (TPSA) is 106 Å². The van der Waals surface area contributed by atoms with Crippen molar-refractivity contribution in [2.45, 2.75) is 40.2 Å². The molecule has 0 aliphatic carbocycles. The van der Waals surface area contributed by atoms with E-state index in [1.165, 1.54) is 12.1 Å². The first-order chi connectivity index (χ1) is 18.6. The molecule has 2 N–H and O–H groups in total. The van der Waals surface area contributed by atoms with Gasteiger partial charge in [-0.25, -0.2) is 14.4 Å². The highest BCUT2D eigenvalue weighted by Gasteiger charge is 2.18. The third-order valence-corrected chi connectivity index (χ3v) is 5.69. The summed E-state index contributed by atoms with van der Waals surface area (Å²) in [5.41, 5.74) is 1.03. The number of hydrogen-bond donors (Lipinski definition) is 2. The molecule has 10 heteroatoms. The number of aromatic nitrogens is 2. The van der Waals surface area contributed by atoms with Crippen LogP contribution in [0.2, 0.25) is 0 Å². The molecule has 1 aromatic heterocycles. The van der Waals surface area contributed by atoms with Crippen molar-refractivity contribution < 1.29 is 23.5 Å². The molecule has 9 nitrogen and oxygen atoms in total. The summed E-state index contributed by atoms with van der Waals surface area (Å²) in [6.45, 7) is 12.6. The summed E-state index contributed by atoms with van der Waals surface area (Å²) in [4.78, 5) is 35.0. The number of benzene rings is 2. The maximum absolute atomic E-state index is 14.7. The van der Waals surface area contributed by atoms with Crippen molar-refractivity contribution in [3.05, 3.63) is 66.2 Å². The molecule has 0 bridgehead atoms. The first-order valence-electron chi connectivity index (χ1n) is 12.9. The van der Waals surface area contributed by atoms with Crippen LogP contribution in [0.5, 0.6) is 5.75 Å². The van der Waals surface area contributed by atoms with Crippen molar-refractivity contribution in [1.29, 1.82) is 0 Å². The summed E-state index contributed by atoms with van der Waals surface area (Å²) >= 11 is 0. The van der Waals surface area contributed by atoms with E-state index >= 15 is 0 Å². The molecule has 1 heterocycles. The lowest BCUT2D eigenvalue weighted by atomic mass is 10.1. The van der Waals surface area contributed by atoms with Gasteiger partial charge in [0, 0.05) is 30.2 Å². The van der Waals surface area contributed by atoms with E-state index in [-0.39, 0.29) is 12.1 Å². The molecule has 1 amide bonds. The number of hydrogen-bond acceptors (Lipinski definition) is 8. The van der Waals surface area contributed by atoms with Gasteiger partial charge in [0.1, 0.15) is 30.3 Å². The lowest BCUT2D eigenvalue weighted by Gasteiger charge is -2.19. The average molecular weight is 538 g/mol. The van der Waals surface area contributed by atoms with Gasteiger partial charge in [0.05, 0.1) is 5.56 Å². The van der Waals surface area contributed by atoms with Crippen molar-refractivity contribution >= 4 is 23.5 Å². The highest BCUT2D eigenvalue weighted by molar-refractivity contribution is 5.96. The van der Waals surface area contributed by atoms with Gasteiger partial charge in [-0.15, -0.1) is 0 Å². The molecule has 39 heavy (non-hydrogen) atoms. The Morgan fingerprint density at radius 1 is 0.974 bits per heavy atom. The molecule has 0 aliphatic rings. The molecular formula is C29H36FN5O4. The first kappa shape index (κ1) is 29.5. The Morgan fingerprint density at radius 2 is 1.64 bits per heavy atom. The number of halogens is 1. The number of esters is 1. The second-order valence-corrected chi connectivity index (χ2v) is 9.78. The third-order valence-electron chi connectivity index (χ3n) is 5.69. The third kappa shape index (κ3) is 9.33. The van der Waals surface area contributed by atoms with Crippen LogP contribution in [0.1, 0.15) is 45.0 Å². The summed E-state index contributed by atoms with van der Waals surface area (Å²) < 4.78 is 25.6. The van der Waals surface area contributed by atoms with E-state index in [9.17, 15) is 14.0 Å². The van der Waals surface area contributed by atoms with Crippen molar-refractivity contribution in [3.8, 4) is 16.9 Å². The first-order valence-corrected chi connectivity index (χ1v) is 12.9. The van der Waals surface area contributed by atoms with Gasteiger partial charge in [-0.1, -0.05) is 19.9 Å². The molecule has 208 valence electrons. The zero-order valence-electron chi connectivity index (χ0n) is 23.1. The number of carbonyl (C=O) groups is 2. The quantitative estimate of drug-likeness (QED) is 0.317. The Hall–Kier alpha value is -4.05. The van der Waals surface area contributed by atoms with E-state index < -0.39 is 23.3 Å². The predicted octanol–water partition coefficient (Wildman–Crippen LogP) is 4.82. The highest BCUT2D eigenvalue weighted by Crippen LogP contribution is 2.23. The predicted molar refractivity (Wildman–Crippen MR) is 149 cm³/mol. The van der Waals surface area contributed by atoms with Crippen LogP contribution >= 0.6 is 0 Å². The molecule has 0 saturated carbocycles. The van der Waals surface area contributed by atoms with Gasteiger partial charge in [-0.3, -0.25) is 9.59 Å². The Morgan fingerprint density at radius 3 is 2.23 bits per heavy atom. The van der Waals surface area contributed by atoms with Gasteiger partial charge in [-0.05, 0) is 75.8 Å². The Bertz CT molecular complexity index is 1240. The fourth-order valence-electron chi connectivity index (χ4n) is 3.64. The highest BCUT2D eigenvalue weighted by atomic mass is 19.1. The van der Waals surface area contributed by atoms with Crippen LogP contribution in [-0.2, 0) is 9.53 Å². The van der Waals surface area contributed by atoms with Crippen molar-refractivity contribution in [3.63, 3.8) is 0 Å². The summed E-state index contributed by atoms with van der Waals surface area (Å²) in [6, 6.07) is 11.7. The lowest BCUT2D eigenvalue weighted by Crippen LogP contribution is -2.34. The summed E-state index contributed by atoms with van der Waals surface area (Å²) in [5, 5.41) is 5.50. The largest absolute Gasteiger partial charge is 0.492 e. The van der Waals surface area contributed by atoms with Crippen LogP contribution in [0, 0.1) is 5.82 Å². The molecule has 0 unspecified atom stereocenters. The maximum atomic E-state index is 14.7. The van der Waals surface area contributed by atoms with E-state index in [0.717, 1.165) is 31.1 Å². The number of amides is 1. The monoisotopic (exact) mass is 537 g/mol. The fourth-order valence-corrected chi connectivity index (χ4v) is 3.64. The molecule has 3 rings (SSSR count). The molecule has 0 atom stereocenters. The second kappa shape index (κ2) is 13.7. The van der Waals surface area contributed by atoms with Crippen LogP contribution < -0.4 is 15.4 Å². The average Bonchev–Trinajstić information content (AvgIpc) is 2.90. The number of nitrogens with zero attached hydrogens (tertiary/aromatic N) is 3. The minimum Gasteiger partial charge on any atom is -0.492 e.